The van der Waals surface area contributed by atoms with Gasteiger partial charge in [0.05, 0.1) is 6.61 Å². The zero-order chi connectivity index (χ0) is 12.5. The molecule has 0 spiro atoms. The molecule has 96 valence electrons. The summed E-state index contributed by atoms with van der Waals surface area (Å²) in [7, 11) is 0. The maximum Gasteiger partial charge on any atom is 0.123 e. The van der Waals surface area contributed by atoms with Crippen molar-refractivity contribution >= 4 is 0 Å². The maximum absolute atomic E-state index is 9.28. The van der Waals surface area contributed by atoms with Crippen molar-refractivity contribution in [2.45, 2.75) is 25.9 Å². The summed E-state index contributed by atoms with van der Waals surface area (Å²) in [5.41, 5.74) is 5.29. The molecule has 0 aliphatic heterocycles. The van der Waals surface area contributed by atoms with Crippen LogP contribution in [0.3, 0.4) is 0 Å². The number of aliphatic hydroxyl groups excluding tert-OH is 1. The highest BCUT2D eigenvalue weighted by Crippen LogP contribution is 2.19. The summed E-state index contributed by atoms with van der Waals surface area (Å²) < 4.78 is 10.9. The van der Waals surface area contributed by atoms with Crippen molar-refractivity contribution < 1.29 is 14.6 Å². The predicted molar refractivity (Wildman–Crippen MR) is 67.4 cm³/mol. The lowest BCUT2D eigenvalue weighted by Crippen LogP contribution is -2.26. The molecule has 0 bridgehead atoms. The molecule has 0 saturated heterocycles. The van der Waals surface area contributed by atoms with Crippen molar-refractivity contribution in [3.8, 4) is 11.5 Å². The van der Waals surface area contributed by atoms with Gasteiger partial charge in [-0.25, -0.2) is 0 Å². The van der Waals surface area contributed by atoms with Gasteiger partial charge in [0.15, 0.2) is 0 Å². The Labute approximate surface area is 102 Å². The largest absolute Gasteiger partial charge is 0.493 e. The molecule has 0 aliphatic carbocycles. The summed E-state index contributed by atoms with van der Waals surface area (Å²) in [5.74, 6) is 1.48. The predicted octanol–water partition coefficient (Wildman–Crippen LogP) is 1.56. The van der Waals surface area contributed by atoms with Crippen molar-refractivity contribution in [2.75, 3.05) is 19.8 Å². The molecule has 4 heteroatoms. The molecular weight excluding hydrogens is 218 g/mol. The van der Waals surface area contributed by atoms with E-state index in [9.17, 15) is 5.11 Å². The van der Waals surface area contributed by atoms with E-state index in [0.29, 0.717) is 12.4 Å². The number of ether oxygens (including phenoxy) is 2. The molecule has 1 unspecified atom stereocenters. The van der Waals surface area contributed by atoms with Crippen LogP contribution >= 0.6 is 0 Å². The van der Waals surface area contributed by atoms with Gasteiger partial charge >= 0.3 is 0 Å². The van der Waals surface area contributed by atoms with Gasteiger partial charge in [-0.1, -0.05) is 19.4 Å². The van der Waals surface area contributed by atoms with Crippen LogP contribution in [0.25, 0.3) is 0 Å². The third-order valence-electron chi connectivity index (χ3n) is 2.29. The molecular formula is C13H21NO3. The molecule has 0 aromatic heterocycles. The minimum atomic E-state index is -0.625. The van der Waals surface area contributed by atoms with Gasteiger partial charge in [0.2, 0.25) is 0 Å². The number of hydrogen-bond donors (Lipinski definition) is 2. The molecule has 0 radical (unpaired) electrons. The first-order valence-corrected chi connectivity index (χ1v) is 6.00. The number of benzene rings is 1. The van der Waals surface area contributed by atoms with Gasteiger partial charge in [-0.3, -0.25) is 0 Å². The zero-order valence-corrected chi connectivity index (χ0v) is 10.3. The van der Waals surface area contributed by atoms with Crippen molar-refractivity contribution in [3.63, 3.8) is 0 Å². The molecule has 0 aliphatic rings. The Kier molecular flexibility index (Phi) is 6.43. The smallest absolute Gasteiger partial charge is 0.123 e. The number of aliphatic hydroxyl groups is 1. The van der Waals surface area contributed by atoms with E-state index in [2.05, 4.69) is 6.92 Å². The minimum absolute atomic E-state index is 0.201. The van der Waals surface area contributed by atoms with Crippen LogP contribution in [0.5, 0.6) is 11.5 Å². The summed E-state index contributed by atoms with van der Waals surface area (Å²) in [5, 5.41) is 9.28. The number of nitrogens with two attached hydrogens (primary N) is 1. The topological polar surface area (TPSA) is 64.7 Å². The third kappa shape index (κ3) is 5.56. The van der Waals surface area contributed by atoms with E-state index < -0.39 is 6.10 Å². The summed E-state index contributed by atoms with van der Waals surface area (Å²) in [4.78, 5) is 0. The van der Waals surface area contributed by atoms with Crippen molar-refractivity contribution in [3.05, 3.63) is 24.3 Å². The SMILES string of the molecule is CCCCOc1cccc(OCC(O)CN)c1. The fraction of sp³-hybridized carbons (Fsp3) is 0.538. The monoisotopic (exact) mass is 239 g/mol. The van der Waals surface area contributed by atoms with Gasteiger partial charge in [-0.05, 0) is 18.6 Å². The van der Waals surface area contributed by atoms with Gasteiger partial charge in [-0.2, -0.15) is 0 Å². The molecule has 0 saturated carbocycles. The van der Waals surface area contributed by atoms with E-state index in [1.807, 2.05) is 24.3 Å². The first-order valence-electron chi connectivity index (χ1n) is 6.00. The Morgan fingerprint density at radius 2 is 2.00 bits per heavy atom. The fourth-order valence-electron chi connectivity index (χ4n) is 1.25. The first kappa shape index (κ1) is 13.8. The highest BCUT2D eigenvalue weighted by molar-refractivity contribution is 5.32. The lowest BCUT2D eigenvalue weighted by Gasteiger charge is -2.11. The summed E-state index contributed by atoms with van der Waals surface area (Å²) in [6.07, 6.45) is 1.52. The standard InChI is InChI=1S/C13H21NO3/c1-2-3-7-16-12-5-4-6-13(8-12)17-10-11(15)9-14/h4-6,8,11,15H,2-3,7,9-10,14H2,1H3. The van der Waals surface area contributed by atoms with Gasteiger partial charge in [-0.15, -0.1) is 0 Å². The van der Waals surface area contributed by atoms with E-state index in [-0.39, 0.29) is 13.2 Å². The Morgan fingerprint density at radius 3 is 2.65 bits per heavy atom. The van der Waals surface area contributed by atoms with Gasteiger partial charge in [0.25, 0.3) is 0 Å². The first-order chi connectivity index (χ1) is 8.26. The Morgan fingerprint density at radius 1 is 1.29 bits per heavy atom. The summed E-state index contributed by atoms with van der Waals surface area (Å²) in [6.45, 7) is 3.24. The number of rotatable bonds is 8. The molecule has 0 heterocycles. The Hall–Kier alpha value is -1.26. The van der Waals surface area contributed by atoms with Gasteiger partial charge < -0.3 is 20.3 Å². The van der Waals surface area contributed by atoms with E-state index in [1.165, 1.54) is 0 Å². The molecule has 3 N–H and O–H groups in total. The van der Waals surface area contributed by atoms with Gasteiger partial charge in [0.1, 0.15) is 24.2 Å². The molecule has 0 amide bonds. The quantitative estimate of drug-likeness (QED) is 0.676. The number of unbranched alkanes of at least 4 members (excludes halogenated alkanes) is 1. The van der Waals surface area contributed by atoms with Crippen molar-refractivity contribution in [1.29, 1.82) is 0 Å². The van der Waals surface area contributed by atoms with E-state index in [1.54, 1.807) is 0 Å². The molecule has 1 rings (SSSR count). The highest BCUT2D eigenvalue weighted by Gasteiger charge is 2.03. The van der Waals surface area contributed by atoms with Crippen LogP contribution in [0.15, 0.2) is 24.3 Å². The lowest BCUT2D eigenvalue weighted by atomic mass is 10.3. The van der Waals surface area contributed by atoms with Crippen LogP contribution in [-0.4, -0.2) is 31.0 Å². The normalized spacial score (nSPS) is 12.2. The second-order valence-corrected chi connectivity index (χ2v) is 3.88. The van der Waals surface area contributed by atoms with Crippen molar-refractivity contribution in [2.24, 2.45) is 5.73 Å². The summed E-state index contributed by atoms with van der Waals surface area (Å²) >= 11 is 0. The molecule has 17 heavy (non-hydrogen) atoms. The van der Waals surface area contributed by atoms with Crippen LogP contribution in [0.2, 0.25) is 0 Å². The molecule has 0 fully saturated rings. The van der Waals surface area contributed by atoms with E-state index in [0.717, 1.165) is 18.6 Å². The molecule has 1 atom stereocenters. The lowest BCUT2D eigenvalue weighted by molar-refractivity contribution is 0.114. The number of hydrogen-bond acceptors (Lipinski definition) is 4. The highest BCUT2D eigenvalue weighted by atomic mass is 16.5. The van der Waals surface area contributed by atoms with Gasteiger partial charge in [0, 0.05) is 12.6 Å². The summed E-state index contributed by atoms with van der Waals surface area (Å²) in [6, 6.07) is 7.40. The molecule has 1 aromatic carbocycles. The van der Waals surface area contributed by atoms with Crippen LogP contribution < -0.4 is 15.2 Å². The van der Waals surface area contributed by atoms with Crippen LogP contribution in [0.1, 0.15) is 19.8 Å². The maximum atomic E-state index is 9.28. The van der Waals surface area contributed by atoms with E-state index in [4.69, 9.17) is 15.2 Å². The Balaban J connectivity index is 2.42. The molecule has 1 aromatic rings. The third-order valence-corrected chi connectivity index (χ3v) is 2.29. The van der Waals surface area contributed by atoms with E-state index >= 15 is 0 Å². The van der Waals surface area contributed by atoms with Crippen LogP contribution in [-0.2, 0) is 0 Å². The average Bonchev–Trinajstić information content (AvgIpc) is 2.37. The van der Waals surface area contributed by atoms with Crippen molar-refractivity contribution in [1.82, 2.24) is 0 Å². The second kappa shape index (κ2) is 7.92. The Bertz CT molecular complexity index is 317. The second-order valence-electron chi connectivity index (χ2n) is 3.88. The molecule has 4 nitrogen and oxygen atoms in total. The fourth-order valence-corrected chi connectivity index (χ4v) is 1.25. The average molecular weight is 239 g/mol. The zero-order valence-electron chi connectivity index (χ0n) is 10.3. The van der Waals surface area contributed by atoms with Crippen LogP contribution in [0, 0.1) is 0 Å². The minimum Gasteiger partial charge on any atom is -0.493 e. The van der Waals surface area contributed by atoms with Crippen LogP contribution in [0.4, 0.5) is 0 Å².